The zero-order valence-corrected chi connectivity index (χ0v) is 13.7. The number of nitrogens with one attached hydrogen (secondary N) is 2. The van der Waals surface area contributed by atoms with Crippen molar-refractivity contribution in [2.45, 2.75) is 6.92 Å². The minimum atomic E-state index is -0.615. The summed E-state index contributed by atoms with van der Waals surface area (Å²) in [4.78, 5) is 27.8. The Labute approximate surface area is 143 Å². The molecule has 0 saturated carbocycles. The fourth-order valence-corrected chi connectivity index (χ4v) is 2.69. The Morgan fingerprint density at radius 1 is 1.28 bits per heavy atom. The van der Waals surface area contributed by atoms with Gasteiger partial charge < -0.3 is 11.1 Å². The van der Waals surface area contributed by atoms with E-state index in [-0.39, 0.29) is 5.56 Å². The van der Waals surface area contributed by atoms with E-state index >= 15 is 0 Å². The number of aryl methyl sites for hydroxylation is 2. The number of primary amides is 1. The number of aromatic nitrogens is 3. The van der Waals surface area contributed by atoms with E-state index in [1.165, 1.54) is 6.20 Å². The van der Waals surface area contributed by atoms with Crippen LogP contribution in [0.1, 0.15) is 26.4 Å². The number of nitrogens with zero attached hydrogens (tertiary/aromatic N) is 3. The number of hydrogen-bond donors (Lipinski definition) is 4. The molecule has 0 bridgehead atoms. The number of hydrogen-bond acceptors (Lipinski definition) is 6. The summed E-state index contributed by atoms with van der Waals surface area (Å²) >= 11 is 0. The third-order valence-electron chi connectivity index (χ3n) is 3.82. The van der Waals surface area contributed by atoms with E-state index < -0.39 is 11.8 Å². The molecule has 1 aromatic carbocycles. The molecule has 0 aliphatic carbocycles. The number of pyridine rings is 1. The van der Waals surface area contributed by atoms with Crippen LogP contribution in [0.4, 0.5) is 11.4 Å². The molecule has 3 rings (SSSR count). The minimum absolute atomic E-state index is 0.234. The van der Waals surface area contributed by atoms with Crippen LogP contribution in [-0.4, -0.2) is 26.6 Å². The molecule has 6 N–H and O–H groups in total. The average Bonchev–Trinajstić information content (AvgIpc) is 2.89. The lowest BCUT2D eigenvalue weighted by Crippen LogP contribution is -2.29. The van der Waals surface area contributed by atoms with Crippen LogP contribution in [0.5, 0.6) is 0 Å². The van der Waals surface area contributed by atoms with Crippen LogP contribution in [0.2, 0.25) is 0 Å². The lowest BCUT2D eigenvalue weighted by Gasteiger charge is -2.12. The Bertz CT molecular complexity index is 994. The Morgan fingerprint density at radius 3 is 2.72 bits per heavy atom. The summed E-state index contributed by atoms with van der Waals surface area (Å²) < 4.78 is 1.62. The SMILES string of the molecule is Cc1nn(C)c2ncc(C(N)=O)c(Nc3cccc(C(=O)NN)c3)c12. The Morgan fingerprint density at radius 2 is 2.04 bits per heavy atom. The first-order valence-electron chi connectivity index (χ1n) is 7.42. The second kappa shape index (κ2) is 6.21. The summed E-state index contributed by atoms with van der Waals surface area (Å²) in [6, 6.07) is 6.70. The number of carbonyl (C=O) groups is 2. The second-order valence-electron chi connectivity index (χ2n) is 5.50. The topological polar surface area (TPSA) is 141 Å². The monoisotopic (exact) mass is 339 g/mol. The van der Waals surface area contributed by atoms with Gasteiger partial charge in [-0.1, -0.05) is 6.07 Å². The van der Waals surface area contributed by atoms with Crippen LogP contribution in [0, 0.1) is 6.92 Å². The maximum Gasteiger partial charge on any atom is 0.265 e. The van der Waals surface area contributed by atoms with Gasteiger partial charge in [-0.15, -0.1) is 0 Å². The Hall–Kier alpha value is -3.46. The van der Waals surface area contributed by atoms with Crippen molar-refractivity contribution in [3.05, 3.63) is 47.3 Å². The lowest BCUT2D eigenvalue weighted by atomic mass is 10.1. The van der Waals surface area contributed by atoms with E-state index in [1.807, 2.05) is 6.92 Å². The number of amides is 2. The van der Waals surface area contributed by atoms with Crippen molar-refractivity contribution < 1.29 is 9.59 Å². The quantitative estimate of drug-likeness (QED) is 0.313. The predicted molar refractivity (Wildman–Crippen MR) is 93.1 cm³/mol. The van der Waals surface area contributed by atoms with Gasteiger partial charge in [0.25, 0.3) is 11.8 Å². The van der Waals surface area contributed by atoms with Gasteiger partial charge in [0.2, 0.25) is 0 Å². The van der Waals surface area contributed by atoms with Crippen molar-refractivity contribution in [3.63, 3.8) is 0 Å². The zero-order valence-electron chi connectivity index (χ0n) is 13.7. The highest BCUT2D eigenvalue weighted by atomic mass is 16.2. The predicted octanol–water partition coefficient (Wildman–Crippen LogP) is 0.723. The summed E-state index contributed by atoms with van der Waals surface area (Å²) in [7, 11) is 1.77. The third-order valence-corrected chi connectivity index (χ3v) is 3.82. The molecular formula is C16H17N7O2. The van der Waals surface area contributed by atoms with E-state index in [9.17, 15) is 9.59 Å². The third kappa shape index (κ3) is 2.88. The zero-order chi connectivity index (χ0) is 18.1. The molecule has 0 spiro atoms. The van der Waals surface area contributed by atoms with Crippen LogP contribution in [-0.2, 0) is 7.05 Å². The highest BCUT2D eigenvalue weighted by Crippen LogP contribution is 2.31. The first-order chi connectivity index (χ1) is 11.9. The average molecular weight is 339 g/mol. The van der Waals surface area contributed by atoms with Crippen LogP contribution in [0.15, 0.2) is 30.5 Å². The van der Waals surface area contributed by atoms with Crippen LogP contribution < -0.4 is 22.3 Å². The molecule has 0 unspecified atom stereocenters. The molecule has 128 valence electrons. The molecule has 0 fully saturated rings. The van der Waals surface area contributed by atoms with Crippen LogP contribution in [0.25, 0.3) is 11.0 Å². The second-order valence-corrected chi connectivity index (χ2v) is 5.50. The maximum atomic E-state index is 11.8. The van der Waals surface area contributed by atoms with Gasteiger partial charge in [0.1, 0.15) is 0 Å². The first kappa shape index (κ1) is 16.4. The molecule has 0 saturated heterocycles. The van der Waals surface area contributed by atoms with Gasteiger partial charge in [-0.25, -0.2) is 10.8 Å². The molecule has 9 nitrogen and oxygen atoms in total. The van der Waals surface area contributed by atoms with Crippen molar-refractivity contribution >= 4 is 34.2 Å². The standard InChI is InChI=1S/C16H17N7O2/c1-8-12-13(11(14(17)24)7-19-15(12)23(2)22-8)20-10-5-3-4-9(6-10)16(25)21-18/h3-7H,18H2,1-2H3,(H2,17,24)(H,19,20)(H,21,25). The summed E-state index contributed by atoms with van der Waals surface area (Å²) in [5.74, 6) is 4.13. The van der Waals surface area contributed by atoms with Crippen molar-refractivity contribution in [3.8, 4) is 0 Å². The summed E-state index contributed by atoms with van der Waals surface area (Å²) in [5.41, 5.74) is 10.6. The van der Waals surface area contributed by atoms with Crippen LogP contribution >= 0.6 is 0 Å². The van der Waals surface area contributed by atoms with Crippen molar-refractivity contribution in [1.82, 2.24) is 20.2 Å². The molecule has 25 heavy (non-hydrogen) atoms. The molecule has 0 atom stereocenters. The lowest BCUT2D eigenvalue weighted by molar-refractivity contribution is 0.0952. The molecular weight excluding hydrogens is 322 g/mol. The summed E-state index contributed by atoms with van der Waals surface area (Å²) in [6.45, 7) is 1.82. The van der Waals surface area contributed by atoms with Gasteiger partial charge in [0, 0.05) is 24.5 Å². The number of fused-ring (bicyclic) bond motifs is 1. The number of anilines is 2. The van der Waals surface area contributed by atoms with E-state index in [2.05, 4.69) is 20.8 Å². The number of nitrogens with two attached hydrogens (primary N) is 2. The van der Waals surface area contributed by atoms with Crippen molar-refractivity contribution in [2.75, 3.05) is 5.32 Å². The number of carbonyl (C=O) groups excluding carboxylic acids is 2. The molecule has 2 amide bonds. The smallest absolute Gasteiger partial charge is 0.265 e. The van der Waals surface area contributed by atoms with Gasteiger partial charge in [-0.05, 0) is 25.1 Å². The number of nitrogen functional groups attached to an aromatic ring is 1. The largest absolute Gasteiger partial charge is 0.365 e. The van der Waals surface area contributed by atoms with Gasteiger partial charge in [0.05, 0.1) is 22.3 Å². The highest BCUT2D eigenvalue weighted by Gasteiger charge is 2.18. The fourth-order valence-electron chi connectivity index (χ4n) is 2.69. The van der Waals surface area contributed by atoms with E-state index in [0.29, 0.717) is 33.7 Å². The summed E-state index contributed by atoms with van der Waals surface area (Å²) in [5, 5.41) is 8.18. The normalized spacial score (nSPS) is 10.7. The van der Waals surface area contributed by atoms with Crippen molar-refractivity contribution in [1.29, 1.82) is 0 Å². The van der Waals surface area contributed by atoms with Gasteiger partial charge >= 0.3 is 0 Å². The molecule has 2 heterocycles. The number of hydrazine groups is 1. The maximum absolute atomic E-state index is 11.8. The molecule has 9 heteroatoms. The molecule has 0 aliphatic rings. The summed E-state index contributed by atoms with van der Waals surface area (Å²) in [6.07, 6.45) is 1.41. The van der Waals surface area contributed by atoms with Gasteiger partial charge in [-0.3, -0.25) is 19.7 Å². The van der Waals surface area contributed by atoms with Crippen LogP contribution in [0.3, 0.4) is 0 Å². The molecule has 0 radical (unpaired) electrons. The Kier molecular flexibility index (Phi) is 4.07. The van der Waals surface area contributed by atoms with E-state index in [1.54, 1.807) is 36.0 Å². The Balaban J connectivity index is 2.16. The molecule has 3 aromatic rings. The first-order valence-corrected chi connectivity index (χ1v) is 7.42. The number of rotatable bonds is 4. The highest BCUT2D eigenvalue weighted by molar-refractivity contribution is 6.07. The van der Waals surface area contributed by atoms with E-state index in [0.717, 1.165) is 0 Å². The van der Waals surface area contributed by atoms with Gasteiger partial charge in [0.15, 0.2) is 5.65 Å². The molecule has 0 aliphatic heterocycles. The fraction of sp³-hybridized carbons (Fsp3) is 0.125. The number of benzene rings is 1. The molecule has 2 aromatic heterocycles. The van der Waals surface area contributed by atoms with Gasteiger partial charge in [-0.2, -0.15) is 5.10 Å². The van der Waals surface area contributed by atoms with Crippen molar-refractivity contribution in [2.24, 2.45) is 18.6 Å². The van der Waals surface area contributed by atoms with E-state index in [4.69, 9.17) is 11.6 Å². The minimum Gasteiger partial charge on any atom is -0.365 e.